The molecule has 0 atom stereocenters. The van der Waals surface area contributed by atoms with Gasteiger partial charge >= 0.3 is 0 Å². The van der Waals surface area contributed by atoms with Gasteiger partial charge in [0.2, 0.25) is 0 Å². The number of non-ortho nitro benzene ring substituents is 1. The molecule has 1 aliphatic rings. The van der Waals surface area contributed by atoms with Crippen molar-refractivity contribution >= 4 is 34.1 Å². The zero-order valence-corrected chi connectivity index (χ0v) is 14.9. The number of Topliss-reactive ketones (excluding diaryl/α,β-unsaturated/α-hetero) is 1. The molecule has 0 bridgehead atoms. The number of thioether (sulfide) groups is 1. The lowest BCUT2D eigenvalue weighted by Crippen LogP contribution is -2.23. The van der Waals surface area contributed by atoms with Gasteiger partial charge in [-0.1, -0.05) is 24.4 Å². The predicted octanol–water partition coefficient (Wildman–Crippen LogP) is 3.60. The van der Waals surface area contributed by atoms with E-state index in [-0.39, 0.29) is 18.0 Å². The number of nitrogens with zero attached hydrogens (tertiary/aromatic N) is 4. The number of rotatable bonds is 5. The summed E-state index contributed by atoms with van der Waals surface area (Å²) >= 11 is 1.45. The van der Waals surface area contributed by atoms with Gasteiger partial charge in [0.1, 0.15) is 6.54 Å². The number of carbonyl (C=O) groups excluding carboxylic acids is 1. The van der Waals surface area contributed by atoms with E-state index in [1.54, 1.807) is 29.3 Å². The van der Waals surface area contributed by atoms with Crippen LogP contribution in [0.1, 0.15) is 15.9 Å². The lowest BCUT2D eigenvalue weighted by Gasteiger charge is -2.21. The van der Waals surface area contributed by atoms with Gasteiger partial charge in [0, 0.05) is 41.5 Å². The molecule has 1 aromatic carbocycles. The third-order valence-corrected chi connectivity index (χ3v) is 4.91. The molecule has 0 saturated carbocycles. The lowest BCUT2D eigenvalue weighted by molar-refractivity contribution is -0.384. The average Bonchev–Trinajstić information content (AvgIpc) is 3.01. The Balaban J connectivity index is 1.89. The molecule has 0 spiro atoms. The number of anilines is 1. The fourth-order valence-electron chi connectivity index (χ4n) is 2.51. The van der Waals surface area contributed by atoms with E-state index in [1.807, 2.05) is 6.92 Å². The third-order valence-electron chi connectivity index (χ3n) is 3.86. The first-order chi connectivity index (χ1) is 12.5. The summed E-state index contributed by atoms with van der Waals surface area (Å²) in [5.74, 6) is 0.474. The van der Waals surface area contributed by atoms with Crippen LogP contribution in [0.2, 0.25) is 0 Å². The molecule has 2 aromatic rings. The van der Waals surface area contributed by atoms with Gasteiger partial charge in [0.25, 0.3) is 5.69 Å². The molecule has 1 aliphatic heterocycles. The van der Waals surface area contributed by atoms with Crippen LogP contribution in [0.15, 0.2) is 60.0 Å². The number of ketones is 1. The van der Waals surface area contributed by atoms with E-state index in [0.717, 1.165) is 11.3 Å². The summed E-state index contributed by atoms with van der Waals surface area (Å²) < 4.78 is 0. The fourth-order valence-corrected chi connectivity index (χ4v) is 3.45. The highest BCUT2D eigenvalue weighted by molar-refractivity contribution is 8.14. The Morgan fingerprint density at radius 1 is 1.46 bits per heavy atom. The van der Waals surface area contributed by atoms with Crippen LogP contribution in [0.5, 0.6) is 0 Å². The van der Waals surface area contributed by atoms with E-state index in [4.69, 9.17) is 0 Å². The molecular formula is C18H16N4O3S. The molecule has 0 aliphatic carbocycles. The summed E-state index contributed by atoms with van der Waals surface area (Å²) in [5, 5.41) is 11.7. The second-order valence-corrected chi connectivity index (χ2v) is 6.62. The van der Waals surface area contributed by atoms with Gasteiger partial charge < -0.3 is 0 Å². The van der Waals surface area contributed by atoms with Crippen molar-refractivity contribution in [3.63, 3.8) is 0 Å². The average molecular weight is 368 g/mol. The fraction of sp³-hybridized carbons (Fsp3) is 0.167. The second-order valence-electron chi connectivity index (χ2n) is 5.68. The Bertz CT molecular complexity index is 912. The Kier molecular flexibility index (Phi) is 5.13. The van der Waals surface area contributed by atoms with Gasteiger partial charge in [-0.15, -0.1) is 0 Å². The van der Waals surface area contributed by atoms with Crippen LogP contribution in [0.4, 0.5) is 11.4 Å². The summed E-state index contributed by atoms with van der Waals surface area (Å²) in [6.07, 6.45) is 3.11. The molecule has 26 heavy (non-hydrogen) atoms. The van der Waals surface area contributed by atoms with E-state index < -0.39 is 4.92 Å². The molecule has 0 unspecified atom stereocenters. The Morgan fingerprint density at radius 2 is 2.27 bits per heavy atom. The predicted molar refractivity (Wildman–Crippen MR) is 103 cm³/mol. The summed E-state index contributed by atoms with van der Waals surface area (Å²) in [4.78, 5) is 33.0. The standard InChI is InChI=1S/C18H16N4O3S/c1-12-5-6-15(22(24)25)8-16(12)21-13(2)11-26-18(21)20-10-17(23)14-4-3-7-19-9-14/h3-9H,2,10-11H2,1H3. The SMILES string of the molecule is C=C1CSC(=NCC(=O)c2cccnc2)N1c1cc([N+](=O)[O-])ccc1C. The van der Waals surface area contributed by atoms with E-state index in [1.165, 1.54) is 30.1 Å². The molecule has 0 radical (unpaired) electrons. The Hall–Kier alpha value is -3.00. The van der Waals surface area contributed by atoms with Crippen molar-refractivity contribution in [3.8, 4) is 0 Å². The molecule has 3 rings (SSSR count). The van der Waals surface area contributed by atoms with Gasteiger partial charge in [0.05, 0.1) is 10.6 Å². The van der Waals surface area contributed by atoms with Crippen molar-refractivity contribution in [2.24, 2.45) is 4.99 Å². The lowest BCUT2D eigenvalue weighted by atomic mass is 10.1. The quantitative estimate of drug-likeness (QED) is 0.455. The zero-order valence-electron chi connectivity index (χ0n) is 14.1. The summed E-state index contributed by atoms with van der Waals surface area (Å²) in [6, 6.07) is 8.06. The molecule has 1 aromatic heterocycles. The van der Waals surface area contributed by atoms with Gasteiger partial charge in [-0.2, -0.15) is 0 Å². The minimum Gasteiger partial charge on any atom is -0.293 e. The number of hydrogen-bond donors (Lipinski definition) is 0. The number of amidine groups is 1. The largest absolute Gasteiger partial charge is 0.293 e. The normalized spacial score (nSPS) is 15.5. The maximum Gasteiger partial charge on any atom is 0.271 e. The van der Waals surface area contributed by atoms with E-state index >= 15 is 0 Å². The summed E-state index contributed by atoms with van der Waals surface area (Å²) in [6.45, 7) is 5.87. The number of pyridine rings is 1. The molecule has 1 saturated heterocycles. The Labute approximate surface area is 154 Å². The van der Waals surface area contributed by atoms with Crippen LogP contribution in [0, 0.1) is 17.0 Å². The smallest absolute Gasteiger partial charge is 0.271 e. The number of aryl methyl sites for hydroxylation is 1. The highest BCUT2D eigenvalue weighted by Gasteiger charge is 2.27. The Morgan fingerprint density at radius 3 is 2.96 bits per heavy atom. The molecule has 1 fully saturated rings. The number of hydrogen-bond acceptors (Lipinski definition) is 6. The minimum absolute atomic E-state index is 0.00101. The van der Waals surface area contributed by atoms with Crippen molar-refractivity contribution in [1.29, 1.82) is 0 Å². The van der Waals surface area contributed by atoms with E-state index in [9.17, 15) is 14.9 Å². The van der Waals surface area contributed by atoms with Crippen LogP contribution < -0.4 is 4.90 Å². The zero-order chi connectivity index (χ0) is 18.7. The van der Waals surface area contributed by atoms with Crippen LogP contribution in [0.3, 0.4) is 0 Å². The van der Waals surface area contributed by atoms with Gasteiger partial charge in [-0.3, -0.25) is 29.8 Å². The number of aliphatic imine (C=N–C) groups is 1. The monoisotopic (exact) mass is 368 g/mol. The highest BCUT2D eigenvalue weighted by Crippen LogP contribution is 2.35. The van der Waals surface area contributed by atoms with Crippen LogP contribution in [0.25, 0.3) is 0 Å². The van der Waals surface area contributed by atoms with Gasteiger partial charge in [-0.05, 0) is 24.6 Å². The van der Waals surface area contributed by atoms with Crippen LogP contribution in [-0.2, 0) is 0 Å². The number of carbonyl (C=O) groups is 1. The molecule has 132 valence electrons. The van der Waals surface area contributed by atoms with Gasteiger partial charge in [-0.25, -0.2) is 0 Å². The van der Waals surface area contributed by atoms with Crippen LogP contribution >= 0.6 is 11.8 Å². The van der Waals surface area contributed by atoms with Crippen molar-refractivity contribution in [1.82, 2.24) is 4.98 Å². The minimum atomic E-state index is -0.433. The van der Waals surface area contributed by atoms with E-state index in [0.29, 0.717) is 22.2 Å². The molecular weight excluding hydrogens is 352 g/mol. The molecule has 0 amide bonds. The maximum atomic E-state index is 12.2. The third kappa shape index (κ3) is 3.65. The first-order valence-corrected chi connectivity index (χ1v) is 8.79. The molecule has 8 heteroatoms. The van der Waals surface area contributed by atoms with Crippen molar-refractivity contribution in [2.45, 2.75) is 6.92 Å². The van der Waals surface area contributed by atoms with Crippen molar-refractivity contribution in [3.05, 3.63) is 76.2 Å². The first-order valence-electron chi connectivity index (χ1n) is 7.81. The summed E-state index contributed by atoms with van der Waals surface area (Å²) in [5.41, 5.74) is 2.79. The second kappa shape index (κ2) is 7.49. The number of nitro groups is 1. The number of nitro benzene ring substituents is 1. The van der Waals surface area contributed by atoms with Crippen molar-refractivity contribution in [2.75, 3.05) is 17.2 Å². The number of aromatic nitrogens is 1. The molecule has 2 heterocycles. The molecule has 0 N–H and O–H groups in total. The van der Waals surface area contributed by atoms with Crippen molar-refractivity contribution < 1.29 is 9.72 Å². The van der Waals surface area contributed by atoms with Gasteiger partial charge in [0.15, 0.2) is 11.0 Å². The first kappa shape index (κ1) is 17.8. The summed E-state index contributed by atoms with van der Waals surface area (Å²) in [7, 11) is 0. The molecule has 7 nitrogen and oxygen atoms in total. The van der Waals surface area contributed by atoms with Crippen LogP contribution in [-0.4, -0.2) is 33.2 Å². The van der Waals surface area contributed by atoms with E-state index in [2.05, 4.69) is 16.6 Å². The maximum absolute atomic E-state index is 12.2. The highest BCUT2D eigenvalue weighted by atomic mass is 32.2. The topological polar surface area (TPSA) is 88.7 Å². The number of benzene rings is 1.